The molecular weight excluding hydrogens is 564 g/mol. The molecule has 2 aliphatic rings. The van der Waals surface area contributed by atoms with Crippen molar-refractivity contribution in [1.82, 2.24) is 5.32 Å². The third-order valence-electron chi connectivity index (χ3n) is 8.11. The average molecular weight is 607 g/mol. The van der Waals surface area contributed by atoms with Crippen LogP contribution >= 0.6 is 11.6 Å². The smallest absolute Gasteiger partial charge is 0.407 e. The van der Waals surface area contributed by atoms with Crippen LogP contribution < -0.4 is 15.0 Å². The van der Waals surface area contributed by atoms with Gasteiger partial charge < -0.3 is 34.3 Å². The SMILES string of the molecule is CCC(=O)O[C@H]1CC(=O)N(C)c2cc(cc(OC)c2Cl)C/C(C)=C/C=C/[C@@H](OC)C2CC(OC(=O)N2)[C@@H](C)[C@H](O)[C@@H]1C. The highest BCUT2D eigenvalue weighted by Gasteiger charge is 2.41. The van der Waals surface area contributed by atoms with E-state index in [4.69, 9.17) is 30.5 Å². The number of ether oxygens (including phenoxy) is 4. The number of nitrogens with one attached hydrogen (secondary N) is 1. The number of hydrogen-bond acceptors (Lipinski definition) is 8. The topological polar surface area (TPSA) is 124 Å². The van der Waals surface area contributed by atoms with Crippen LogP contribution in [0.3, 0.4) is 0 Å². The average Bonchev–Trinajstić information content (AvgIpc) is 2.97. The number of allylic oxidation sites excluding steroid dienone is 3. The summed E-state index contributed by atoms with van der Waals surface area (Å²) in [7, 11) is 4.68. The van der Waals surface area contributed by atoms with E-state index in [2.05, 4.69) is 5.32 Å². The van der Waals surface area contributed by atoms with Crippen molar-refractivity contribution >= 4 is 35.3 Å². The van der Waals surface area contributed by atoms with Crippen molar-refractivity contribution in [3.05, 3.63) is 46.5 Å². The number of methoxy groups -OCH3 is 2. The summed E-state index contributed by atoms with van der Waals surface area (Å²) in [6.45, 7) is 7.13. The fourth-order valence-corrected chi connectivity index (χ4v) is 5.70. The highest BCUT2D eigenvalue weighted by Crippen LogP contribution is 2.37. The third kappa shape index (κ3) is 8.05. The number of nitrogens with zero attached hydrogens (tertiary/aromatic N) is 1. The maximum atomic E-state index is 13.6. The number of hydrogen-bond donors (Lipinski definition) is 2. The second-order valence-corrected chi connectivity index (χ2v) is 11.5. The Bertz CT molecular complexity index is 1200. The van der Waals surface area contributed by atoms with E-state index in [1.807, 2.05) is 37.3 Å². The molecule has 11 heteroatoms. The molecule has 2 aliphatic heterocycles. The first-order valence-electron chi connectivity index (χ1n) is 14.2. The summed E-state index contributed by atoms with van der Waals surface area (Å²) in [5.41, 5.74) is 2.35. The summed E-state index contributed by atoms with van der Waals surface area (Å²) in [5, 5.41) is 14.5. The van der Waals surface area contributed by atoms with E-state index in [9.17, 15) is 19.5 Å². The number of aliphatic hydroxyl groups is 1. The van der Waals surface area contributed by atoms with Gasteiger partial charge in [-0.15, -0.1) is 0 Å². The first-order valence-corrected chi connectivity index (χ1v) is 14.6. The standard InChI is InChI=1S/C31H43ClN2O8/c1-8-28(36)41-25-16-27(35)34(5)22-13-20(14-26(40-7)29(22)32)12-17(2)10-9-11-23(39-6)21-15-24(42-31(38)33-21)18(3)30(37)19(25)4/h9-11,13-14,18-19,21,23-25,30,37H,8,12,15-16H2,1-7H3,(H,33,38)/b11-9+,17-10+/t18-,19-,21?,23-,24?,25+,30+/m1/s1. The summed E-state index contributed by atoms with van der Waals surface area (Å²) in [4.78, 5) is 40.0. The molecule has 0 aliphatic carbocycles. The number of halogens is 1. The van der Waals surface area contributed by atoms with E-state index >= 15 is 0 Å². The molecule has 1 aromatic carbocycles. The molecule has 2 amide bonds. The molecule has 4 bridgehead atoms. The number of esters is 1. The van der Waals surface area contributed by atoms with E-state index in [1.54, 1.807) is 34.9 Å². The highest BCUT2D eigenvalue weighted by molar-refractivity contribution is 6.35. The minimum absolute atomic E-state index is 0.107. The number of amides is 2. The van der Waals surface area contributed by atoms with Crippen LogP contribution in [0.2, 0.25) is 5.02 Å². The van der Waals surface area contributed by atoms with Crippen LogP contribution in [0.5, 0.6) is 5.75 Å². The lowest BCUT2D eigenvalue weighted by Gasteiger charge is -2.39. The van der Waals surface area contributed by atoms with Crippen LogP contribution in [-0.4, -0.2) is 74.8 Å². The van der Waals surface area contributed by atoms with E-state index in [-0.39, 0.29) is 23.8 Å². The zero-order valence-corrected chi connectivity index (χ0v) is 26.1. The summed E-state index contributed by atoms with van der Waals surface area (Å²) in [5.74, 6) is -1.63. The molecular formula is C31H43ClN2O8. The predicted molar refractivity (Wildman–Crippen MR) is 160 cm³/mol. The Morgan fingerprint density at radius 2 is 1.93 bits per heavy atom. The maximum Gasteiger partial charge on any atom is 0.407 e. The number of benzene rings is 1. The molecule has 1 fully saturated rings. The van der Waals surface area contributed by atoms with Crippen molar-refractivity contribution < 1.29 is 38.4 Å². The third-order valence-corrected chi connectivity index (χ3v) is 8.49. The van der Waals surface area contributed by atoms with Gasteiger partial charge in [-0.2, -0.15) is 0 Å². The Kier molecular flexibility index (Phi) is 11.8. The van der Waals surface area contributed by atoms with Gasteiger partial charge in [0.25, 0.3) is 0 Å². The van der Waals surface area contributed by atoms with Gasteiger partial charge in [0.2, 0.25) is 5.91 Å². The molecule has 0 spiro atoms. The predicted octanol–water partition coefficient (Wildman–Crippen LogP) is 4.60. The summed E-state index contributed by atoms with van der Waals surface area (Å²) >= 11 is 6.65. The molecule has 42 heavy (non-hydrogen) atoms. The number of carbonyl (C=O) groups is 3. The second-order valence-electron chi connectivity index (χ2n) is 11.1. The van der Waals surface area contributed by atoms with Gasteiger partial charge in [-0.05, 0) is 31.0 Å². The molecule has 0 saturated carbocycles. The monoisotopic (exact) mass is 606 g/mol. The van der Waals surface area contributed by atoms with Crippen molar-refractivity contribution in [3.8, 4) is 5.75 Å². The number of fused-ring (bicyclic) bond motifs is 4. The lowest BCUT2D eigenvalue weighted by atomic mass is 9.82. The minimum atomic E-state index is -1.06. The Labute approximate surface area is 253 Å². The Balaban J connectivity index is 2.09. The van der Waals surface area contributed by atoms with Gasteiger partial charge in [0, 0.05) is 38.8 Å². The van der Waals surface area contributed by atoms with E-state index in [0.29, 0.717) is 24.3 Å². The Morgan fingerprint density at radius 1 is 1.21 bits per heavy atom. The number of anilines is 1. The summed E-state index contributed by atoms with van der Waals surface area (Å²) in [6, 6.07) is 3.26. The van der Waals surface area contributed by atoms with Crippen molar-refractivity contribution in [2.75, 3.05) is 26.2 Å². The number of carbonyl (C=O) groups excluding carboxylic acids is 3. The van der Waals surface area contributed by atoms with Gasteiger partial charge in [0.15, 0.2) is 0 Å². The van der Waals surface area contributed by atoms with E-state index in [1.165, 1.54) is 12.0 Å². The molecule has 232 valence electrons. The van der Waals surface area contributed by atoms with Crippen molar-refractivity contribution in [3.63, 3.8) is 0 Å². The highest BCUT2D eigenvalue weighted by atomic mass is 35.5. The molecule has 3 rings (SSSR count). The van der Waals surface area contributed by atoms with Gasteiger partial charge in [0.05, 0.1) is 37.5 Å². The lowest BCUT2D eigenvalue weighted by Crippen LogP contribution is -2.54. The number of rotatable bonds is 4. The fourth-order valence-electron chi connectivity index (χ4n) is 5.39. The second kappa shape index (κ2) is 14.9. The molecule has 2 unspecified atom stereocenters. The largest absolute Gasteiger partial charge is 0.495 e. The molecule has 0 aromatic heterocycles. The normalized spacial score (nSPS) is 31.3. The van der Waals surface area contributed by atoms with E-state index < -0.39 is 54.4 Å². The van der Waals surface area contributed by atoms with Crippen LogP contribution in [0.1, 0.15) is 52.5 Å². The molecule has 2 N–H and O–H groups in total. The zero-order valence-electron chi connectivity index (χ0n) is 25.4. The van der Waals surface area contributed by atoms with Crippen LogP contribution in [-0.2, 0) is 30.2 Å². The molecule has 0 radical (unpaired) electrons. The Hall–Kier alpha value is -3.08. The minimum Gasteiger partial charge on any atom is -0.495 e. The van der Waals surface area contributed by atoms with Crippen molar-refractivity contribution in [2.45, 2.75) is 83.8 Å². The first-order chi connectivity index (χ1) is 19.9. The number of aliphatic hydroxyl groups excluding tert-OH is 1. The van der Waals surface area contributed by atoms with Crippen molar-refractivity contribution in [1.29, 1.82) is 0 Å². The van der Waals surface area contributed by atoms with Crippen molar-refractivity contribution in [2.24, 2.45) is 11.8 Å². The van der Waals surface area contributed by atoms with Gasteiger partial charge in [-0.3, -0.25) is 9.59 Å². The molecule has 1 saturated heterocycles. The molecule has 7 atom stereocenters. The van der Waals surface area contributed by atoms with Gasteiger partial charge in [0.1, 0.15) is 23.0 Å². The Morgan fingerprint density at radius 3 is 2.57 bits per heavy atom. The summed E-state index contributed by atoms with van der Waals surface area (Å²) in [6.07, 6.45) is 2.86. The fraction of sp³-hybridized carbons (Fsp3) is 0.581. The quantitative estimate of drug-likeness (QED) is 0.477. The zero-order chi connectivity index (χ0) is 31.1. The van der Waals surface area contributed by atoms with E-state index in [0.717, 1.165) is 11.1 Å². The van der Waals surface area contributed by atoms with Crippen LogP contribution in [0.15, 0.2) is 35.9 Å². The van der Waals surface area contributed by atoms with Gasteiger partial charge in [-0.1, -0.05) is 56.2 Å². The summed E-state index contributed by atoms with van der Waals surface area (Å²) < 4.78 is 22.5. The van der Waals surface area contributed by atoms with Crippen LogP contribution in [0.25, 0.3) is 0 Å². The first kappa shape index (κ1) is 33.4. The van der Waals surface area contributed by atoms with Crippen LogP contribution in [0, 0.1) is 11.8 Å². The maximum absolute atomic E-state index is 13.6. The molecule has 1 aromatic rings. The molecule has 10 nitrogen and oxygen atoms in total. The van der Waals surface area contributed by atoms with Crippen LogP contribution in [0.4, 0.5) is 10.5 Å². The van der Waals surface area contributed by atoms with Gasteiger partial charge in [-0.25, -0.2) is 4.79 Å². The van der Waals surface area contributed by atoms with Gasteiger partial charge >= 0.3 is 12.1 Å². The number of alkyl carbamates (subject to hydrolysis) is 1. The lowest BCUT2D eigenvalue weighted by molar-refractivity contribution is -0.156. The molecule has 2 heterocycles.